The first kappa shape index (κ1) is 16.4. The molecule has 0 unspecified atom stereocenters. The van der Waals surface area contributed by atoms with Gasteiger partial charge in [0.2, 0.25) is 0 Å². The van der Waals surface area contributed by atoms with Crippen molar-refractivity contribution in [1.29, 1.82) is 0 Å². The Morgan fingerprint density at radius 3 is 2.28 bits per heavy atom. The highest BCUT2D eigenvalue weighted by Crippen LogP contribution is 2.25. The molecule has 0 aliphatic carbocycles. The first-order valence-corrected chi connectivity index (χ1v) is 7.69. The third-order valence-electron chi connectivity index (χ3n) is 3.75. The Morgan fingerprint density at radius 2 is 1.64 bits per heavy atom. The Bertz CT molecular complexity index is 904. The van der Waals surface area contributed by atoms with Crippen molar-refractivity contribution in [2.45, 2.75) is 0 Å². The number of benzene rings is 3. The molecule has 0 saturated carbocycles. The molecule has 25 heavy (non-hydrogen) atoms. The molecule has 0 bridgehead atoms. The summed E-state index contributed by atoms with van der Waals surface area (Å²) in [5.74, 6) is 0.537. The molecule has 5 nitrogen and oxygen atoms in total. The molecule has 3 aromatic rings. The van der Waals surface area contributed by atoms with Crippen LogP contribution in [-0.4, -0.2) is 18.2 Å². The molecule has 124 valence electrons. The van der Waals surface area contributed by atoms with E-state index in [0.717, 1.165) is 16.8 Å². The van der Waals surface area contributed by atoms with Crippen LogP contribution in [0.1, 0.15) is 5.56 Å². The molecule has 5 heteroatoms. The van der Waals surface area contributed by atoms with Crippen molar-refractivity contribution in [2.24, 2.45) is 4.99 Å². The number of nitro benzene ring substituents is 1. The molecule has 0 atom stereocenters. The molecule has 0 saturated heterocycles. The van der Waals surface area contributed by atoms with Crippen LogP contribution >= 0.6 is 0 Å². The average molecular weight is 332 g/mol. The first-order chi connectivity index (χ1) is 12.2. The van der Waals surface area contributed by atoms with Crippen molar-refractivity contribution in [1.82, 2.24) is 0 Å². The van der Waals surface area contributed by atoms with E-state index in [-0.39, 0.29) is 5.69 Å². The highest BCUT2D eigenvalue weighted by molar-refractivity contribution is 5.86. The molecular weight excluding hydrogens is 316 g/mol. The second-order valence-corrected chi connectivity index (χ2v) is 5.35. The lowest BCUT2D eigenvalue weighted by molar-refractivity contribution is -0.384. The zero-order chi connectivity index (χ0) is 17.6. The Kier molecular flexibility index (Phi) is 4.85. The van der Waals surface area contributed by atoms with Gasteiger partial charge in [-0.15, -0.1) is 0 Å². The molecule has 0 fully saturated rings. The van der Waals surface area contributed by atoms with Gasteiger partial charge in [0.1, 0.15) is 5.75 Å². The van der Waals surface area contributed by atoms with E-state index in [1.165, 1.54) is 19.2 Å². The fourth-order valence-corrected chi connectivity index (χ4v) is 2.45. The molecule has 0 amide bonds. The van der Waals surface area contributed by atoms with E-state index in [1.807, 2.05) is 54.6 Å². The lowest BCUT2D eigenvalue weighted by Crippen LogP contribution is -1.94. The van der Waals surface area contributed by atoms with Crippen molar-refractivity contribution < 1.29 is 9.66 Å². The van der Waals surface area contributed by atoms with Crippen LogP contribution in [0.5, 0.6) is 5.75 Å². The molecule has 0 heterocycles. The minimum atomic E-state index is -0.439. The molecule has 3 aromatic carbocycles. The van der Waals surface area contributed by atoms with Gasteiger partial charge in [0.15, 0.2) is 0 Å². The normalized spacial score (nSPS) is 10.8. The van der Waals surface area contributed by atoms with Crippen molar-refractivity contribution in [3.8, 4) is 16.9 Å². The van der Waals surface area contributed by atoms with Gasteiger partial charge in [-0.1, -0.05) is 42.5 Å². The summed E-state index contributed by atoms with van der Waals surface area (Å²) in [5, 5.41) is 10.9. The summed E-state index contributed by atoms with van der Waals surface area (Å²) in [5.41, 5.74) is 3.56. The van der Waals surface area contributed by atoms with E-state index in [2.05, 4.69) is 4.99 Å². The summed E-state index contributed by atoms with van der Waals surface area (Å²) in [6, 6.07) is 22.3. The van der Waals surface area contributed by atoms with Crippen molar-refractivity contribution >= 4 is 17.6 Å². The lowest BCUT2D eigenvalue weighted by atomic mass is 10.1. The number of ether oxygens (including phenoxy) is 1. The maximum Gasteiger partial charge on any atom is 0.270 e. The zero-order valence-corrected chi connectivity index (χ0v) is 13.6. The van der Waals surface area contributed by atoms with Gasteiger partial charge in [0.05, 0.1) is 17.7 Å². The number of methoxy groups -OCH3 is 1. The number of nitrogens with zero attached hydrogens (tertiary/aromatic N) is 2. The number of rotatable bonds is 5. The predicted molar refractivity (Wildman–Crippen MR) is 98.8 cm³/mol. The molecule has 0 spiro atoms. The Morgan fingerprint density at radius 1 is 0.960 bits per heavy atom. The van der Waals surface area contributed by atoms with Gasteiger partial charge in [-0.2, -0.15) is 0 Å². The molecular formula is C20H16N2O3. The minimum absolute atomic E-state index is 0.00155. The number of aliphatic imine (C=N–C) groups is 1. The molecule has 3 rings (SSSR count). The summed E-state index contributed by atoms with van der Waals surface area (Å²) in [6.45, 7) is 0. The summed E-state index contributed by atoms with van der Waals surface area (Å²) in [4.78, 5) is 14.9. The monoisotopic (exact) mass is 332 g/mol. The van der Waals surface area contributed by atoms with Crippen molar-refractivity contribution in [2.75, 3.05) is 7.11 Å². The number of nitro groups is 1. The highest BCUT2D eigenvalue weighted by Gasteiger charge is 2.09. The minimum Gasteiger partial charge on any atom is -0.496 e. The van der Waals surface area contributed by atoms with Gasteiger partial charge < -0.3 is 4.74 Å². The van der Waals surface area contributed by atoms with E-state index < -0.39 is 4.92 Å². The van der Waals surface area contributed by atoms with Gasteiger partial charge in [-0.3, -0.25) is 15.1 Å². The van der Waals surface area contributed by atoms with Crippen LogP contribution in [0.4, 0.5) is 11.4 Å². The lowest BCUT2D eigenvalue weighted by Gasteiger charge is -2.04. The van der Waals surface area contributed by atoms with Crippen LogP contribution in [0.15, 0.2) is 77.8 Å². The quantitative estimate of drug-likeness (QED) is 0.374. The molecule has 0 aliphatic rings. The second-order valence-electron chi connectivity index (χ2n) is 5.35. The summed E-state index contributed by atoms with van der Waals surface area (Å²) in [7, 11) is 1.52. The molecule has 0 aliphatic heterocycles. The average Bonchev–Trinajstić information content (AvgIpc) is 2.67. The molecule has 0 N–H and O–H groups in total. The maximum atomic E-state index is 10.9. The first-order valence-electron chi connectivity index (χ1n) is 7.69. The smallest absolute Gasteiger partial charge is 0.270 e. The van der Waals surface area contributed by atoms with Crippen LogP contribution in [0, 0.1) is 10.1 Å². The topological polar surface area (TPSA) is 64.7 Å². The fourth-order valence-electron chi connectivity index (χ4n) is 2.45. The molecule has 0 aromatic heterocycles. The van der Waals surface area contributed by atoms with Crippen LogP contribution in [0.25, 0.3) is 11.1 Å². The number of hydrogen-bond donors (Lipinski definition) is 0. The highest BCUT2D eigenvalue weighted by atomic mass is 16.6. The second kappa shape index (κ2) is 7.40. The summed E-state index contributed by atoms with van der Waals surface area (Å²) < 4.78 is 5.23. The van der Waals surface area contributed by atoms with Crippen LogP contribution in [0.3, 0.4) is 0 Å². The van der Waals surface area contributed by atoms with Crippen LogP contribution in [0.2, 0.25) is 0 Å². The standard InChI is InChI=1S/C20H16N2O3/c1-25-20-12-11-19(22(23)24)13-17(20)14-21-18-9-7-16(8-10-18)15-5-3-2-4-6-15/h2-14H,1H3. The summed E-state index contributed by atoms with van der Waals surface area (Å²) in [6.07, 6.45) is 1.57. The van der Waals surface area contributed by atoms with Crippen LogP contribution in [-0.2, 0) is 0 Å². The van der Waals surface area contributed by atoms with E-state index in [9.17, 15) is 10.1 Å². The van der Waals surface area contributed by atoms with Crippen LogP contribution < -0.4 is 4.74 Å². The Labute approximate surface area is 145 Å². The van der Waals surface area contributed by atoms with Gasteiger partial charge in [0.25, 0.3) is 5.69 Å². The predicted octanol–water partition coefficient (Wildman–Crippen LogP) is 5.02. The Hall–Kier alpha value is -3.47. The van der Waals surface area contributed by atoms with E-state index in [1.54, 1.807) is 12.3 Å². The van der Waals surface area contributed by atoms with Gasteiger partial charge >= 0.3 is 0 Å². The van der Waals surface area contributed by atoms with Gasteiger partial charge in [-0.25, -0.2) is 0 Å². The SMILES string of the molecule is COc1ccc([N+](=O)[O-])cc1C=Nc1ccc(-c2ccccc2)cc1. The number of hydrogen-bond acceptors (Lipinski definition) is 4. The molecule has 0 radical (unpaired) electrons. The van der Waals surface area contributed by atoms with E-state index in [0.29, 0.717) is 11.3 Å². The maximum absolute atomic E-state index is 10.9. The van der Waals surface area contributed by atoms with E-state index in [4.69, 9.17) is 4.74 Å². The third kappa shape index (κ3) is 3.90. The van der Waals surface area contributed by atoms with E-state index >= 15 is 0 Å². The zero-order valence-electron chi connectivity index (χ0n) is 13.6. The fraction of sp³-hybridized carbons (Fsp3) is 0.0500. The largest absolute Gasteiger partial charge is 0.496 e. The third-order valence-corrected chi connectivity index (χ3v) is 3.75. The Balaban J connectivity index is 1.85. The summed E-state index contributed by atoms with van der Waals surface area (Å²) >= 11 is 0. The van der Waals surface area contributed by atoms with Crippen molar-refractivity contribution in [3.63, 3.8) is 0 Å². The number of non-ortho nitro benzene ring substituents is 1. The van der Waals surface area contributed by atoms with Crippen molar-refractivity contribution in [3.05, 3.63) is 88.5 Å². The van der Waals surface area contributed by atoms with Gasteiger partial charge in [-0.05, 0) is 29.3 Å². The van der Waals surface area contributed by atoms with Gasteiger partial charge in [0, 0.05) is 23.9 Å².